The molecule has 2 N–H and O–H groups in total. The van der Waals surface area contributed by atoms with Crippen LogP contribution in [-0.2, 0) is 14.9 Å². The molecule has 2 fully saturated rings. The second-order valence-corrected chi connectivity index (χ2v) is 7.04. The van der Waals surface area contributed by atoms with Crippen LogP contribution in [0.5, 0.6) is 0 Å². The second kappa shape index (κ2) is 5.64. The number of aldehydes is 1. The number of hydrogen-bond donors (Lipinski definition) is 1. The first kappa shape index (κ1) is 14.9. The normalized spacial score (nSPS) is 27.3. The minimum atomic E-state index is -0.554. The Morgan fingerprint density at radius 1 is 1.62 bits per heavy atom. The Labute approximate surface area is 128 Å². The number of carbonyl (C=O) groups is 1. The predicted molar refractivity (Wildman–Crippen MR) is 82.7 cm³/mol. The van der Waals surface area contributed by atoms with Gasteiger partial charge in [0.05, 0.1) is 18.3 Å². The third-order valence-electron chi connectivity index (χ3n) is 4.17. The molecule has 3 rings (SSSR count). The molecule has 1 aromatic heterocycles. The third-order valence-corrected chi connectivity index (χ3v) is 5.05. The fourth-order valence-electron chi connectivity index (χ4n) is 2.95. The fraction of sp³-hybridized carbons (Fsp3) is 0.714. The molecule has 2 atom stereocenters. The first-order valence-corrected chi connectivity index (χ1v) is 8.14. The molecule has 6 nitrogen and oxygen atoms in total. The van der Waals surface area contributed by atoms with E-state index in [0.29, 0.717) is 13.1 Å². The third kappa shape index (κ3) is 2.83. The topological polar surface area (TPSA) is 71.7 Å². The van der Waals surface area contributed by atoms with Crippen molar-refractivity contribution < 1.29 is 9.53 Å². The van der Waals surface area contributed by atoms with Gasteiger partial charge in [0, 0.05) is 23.9 Å². The quantitative estimate of drug-likeness (QED) is 0.768. The van der Waals surface area contributed by atoms with Gasteiger partial charge in [-0.3, -0.25) is 4.79 Å². The summed E-state index contributed by atoms with van der Waals surface area (Å²) in [7, 11) is 4.19. The van der Waals surface area contributed by atoms with Crippen LogP contribution in [0.3, 0.4) is 0 Å². The molecule has 0 amide bonds. The van der Waals surface area contributed by atoms with E-state index >= 15 is 0 Å². The van der Waals surface area contributed by atoms with E-state index in [1.54, 1.807) is 11.3 Å². The number of carbonyl (C=O) groups excluding carboxylic acids is 1. The van der Waals surface area contributed by atoms with Crippen LogP contribution in [0, 0.1) is 0 Å². The van der Waals surface area contributed by atoms with Crippen molar-refractivity contribution in [3.8, 4) is 0 Å². The highest BCUT2D eigenvalue weighted by Gasteiger charge is 2.47. The summed E-state index contributed by atoms with van der Waals surface area (Å²) in [6, 6.07) is 0. The van der Waals surface area contributed by atoms with Crippen LogP contribution < -0.4 is 10.6 Å². The van der Waals surface area contributed by atoms with Crippen molar-refractivity contribution in [3.63, 3.8) is 0 Å². The molecule has 0 spiro atoms. The molecule has 1 aliphatic carbocycles. The maximum atomic E-state index is 11.2. The molecule has 2 heterocycles. The molecule has 0 bridgehead atoms. The van der Waals surface area contributed by atoms with Gasteiger partial charge < -0.3 is 20.3 Å². The van der Waals surface area contributed by atoms with Gasteiger partial charge >= 0.3 is 0 Å². The Morgan fingerprint density at radius 3 is 2.95 bits per heavy atom. The van der Waals surface area contributed by atoms with Crippen LogP contribution in [0.4, 0.5) is 5.13 Å². The Hall–Kier alpha value is -1.02. The number of aromatic nitrogens is 1. The molecule has 1 aromatic rings. The lowest BCUT2D eigenvalue weighted by molar-refractivity contribution is -0.117. The van der Waals surface area contributed by atoms with E-state index in [1.807, 2.05) is 4.90 Å². The number of ether oxygens (including phenoxy) is 1. The minimum Gasteiger partial charge on any atom is -0.345 e. The number of nitrogens with two attached hydrogens (primary N) is 1. The van der Waals surface area contributed by atoms with E-state index in [2.05, 4.69) is 24.4 Å². The summed E-state index contributed by atoms with van der Waals surface area (Å²) in [5.74, 6) is 0. The first-order chi connectivity index (χ1) is 10.1. The van der Waals surface area contributed by atoms with Crippen molar-refractivity contribution in [3.05, 3.63) is 11.1 Å². The van der Waals surface area contributed by atoms with E-state index in [-0.39, 0.29) is 11.5 Å². The molecule has 2 aliphatic rings. The first-order valence-electron chi connectivity index (χ1n) is 7.26. The highest BCUT2D eigenvalue weighted by molar-refractivity contribution is 7.13. The molecule has 0 aromatic carbocycles. The molecular formula is C14H22N4O2S. The molecular weight excluding hydrogens is 288 g/mol. The summed E-state index contributed by atoms with van der Waals surface area (Å²) in [6.07, 6.45) is 2.55. The van der Waals surface area contributed by atoms with Crippen molar-refractivity contribution in [2.75, 3.05) is 38.6 Å². The number of hydrogen-bond acceptors (Lipinski definition) is 7. The smallest absolute Gasteiger partial charge is 0.189 e. The summed E-state index contributed by atoms with van der Waals surface area (Å²) < 4.78 is 5.59. The number of likely N-dealkylation sites (N-methyl/N-ethyl adjacent to an activating group) is 1. The standard InChI is InChI=1S/C14H22N4O2S/c1-17(2)9-14(3-4-14)11-8-21-13(16-11)18-6-10(5-15)20-12(18)7-19/h7-8,10,12H,3-6,9,15H2,1-2H3/t10-,12?/m0/s1. The molecule has 7 heteroatoms. The molecule has 21 heavy (non-hydrogen) atoms. The van der Waals surface area contributed by atoms with Crippen LogP contribution in [0.2, 0.25) is 0 Å². The van der Waals surface area contributed by atoms with Crippen molar-refractivity contribution in [2.24, 2.45) is 5.73 Å². The lowest BCUT2D eigenvalue weighted by atomic mass is 10.0. The second-order valence-electron chi connectivity index (χ2n) is 6.21. The predicted octanol–water partition coefficient (Wildman–Crippen LogP) is 0.425. The average Bonchev–Trinajstić information content (AvgIpc) is 2.94. The van der Waals surface area contributed by atoms with Gasteiger partial charge in [-0.15, -0.1) is 11.3 Å². The Morgan fingerprint density at radius 2 is 2.38 bits per heavy atom. The molecule has 1 unspecified atom stereocenters. The Bertz CT molecular complexity index is 515. The lowest BCUT2D eigenvalue weighted by Gasteiger charge is -2.19. The summed E-state index contributed by atoms with van der Waals surface area (Å²) in [5.41, 5.74) is 7.00. The maximum absolute atomic E-state index is 11.2. The van der Waals surface area contributed by atoms with E-state index in [1.165, 1.54) is 12.8 Å². The van der Waals surface area contributed by atoms with Crippen molar-refractivity contribution in [1.29, 1.82) is 0 Å². The molecule has 1 saturated carbocycles. The summed E-state index contributed by atoms with van der Waals surface area (Å²) in [5, 5.41) is 2.99. The van der Waals surface area contributed by atoms with E-state index in [4.69, 9.17) is 15.5 Å². The molecule has 1 saturated heterocycles. The van der Waals surface area contributed by atoms with E-state index < -0.39 is 6.23 Å². The highest BCUT2D eigenvalue weighted by Crippen LogP contribution is 2.49. The van der Waals surface area contributed by atoms with Gasteiger partial charge in [0.25, 0.3) is 0 Å². The Balaban J connectivity index is 1.77. The van der Waals surface area contributed by atoms with Gasteiger partial charge in [-0.05, 0) is 26.9 Å². The molecule has 0 radical (unpaired) electrons. The zero-order chi connectivity index (χ0) is 15.0. The monoisotopic (exact) mass is 310 g/mol. The van der Waals surface area contributed by atoms with Crippen LogP contribution in [0.15, 0.2) is 5.38 Å². The number of rotatable bonds is 6. The van der Waals surface area contributed by atoms with Gasteiger partial charge in [-0.2, -0.15) is 0 Å². The van der Waals surface area contributed by atoms with Crippen LogP contribution in [-0.4, -0.2) is 62.2 Å². The zero-order valence-corrected chi connectivity index (χ0v) is 13.3. The van der Waals surface area contributed by atoms with Gasteiger partial charge in [0.1, 0.15) is 0 Å². The van der Waals surface area contributed by atoms with Gasteiger partial charge in [0.2, 0.25) is 0 Å². The van der Waals surface area contributed by atoms with Crippen LogP contribution in [0.25, 0.3) is 0 Å². The van der Waals surface area contributed by atoms with E-state index in [0.717, 1.165) is 23.7 Å². The zero-order valence-electron chi connectivity index (χ0n) is 12.5. The van der Waals surface area contributed by atoms with Crippen molar-refractivity contribution in [2.45, 2.75) is 30.6 Å². The van der Waals surface area contributed by atoms with Crippen LogP contribution in [0.1, 0.15) is 18.5 Å². The lowest BCUT2D eigenvalue weighted by Crippen LogP contribution is -2.32. The van der Waals surface area contributed by atoms with Crippen LogP contribution >= 0.6 is 11.3 Å². The summed E-state index contributed by atoms with van der Waals surface area (Å²) >= 11 is 1.59. The number of anilines is 1. The highest BCUT2D eigenvalue weighted by atomic mass is 32.1. The number of thiazole rings is 1. The van der Waals surface area contributed by atoms with Crippen molar-refractivity contribution in [1.82, 2.24) is 9.88 Å². The largest absolute Gasteiger partial charge is 0.345 e. The fourth-order valence-corrected chi connectivity index (χ4v) is 3.94. The Kier molecular flexibility index (Phi) is 4.00. The van der Waals surface area contributed by atoms with E-state index in [9.17, 15) is 4.79 Å². The average molecular weight is 310 g/mol. The molecule has 116 valence electrons. The van der Waals surface area contributed by atoms with Gasteiger partial charge in [0.15, 0.2) is 17.6 Å². The van der Waals surface area contributed by atoms with Gasteiger partial charge in [-0.25, -0.2) is 4.98 Å². The maximum Gasteiger partial charge on any atom is 0.189 e. The molecule has 1 aliphatic heterocycles. The van der Waals surface area contributed by atoms with Gasteiger partial charge in [-0.1, -0.05) is 0 Å². The minimum absolute atomic E-state index is 0.0933. The summed E-state index contributed by atoms with van der Waals surface area (Å²) in [6.45, 7) is 2.08. The van der Waals surface area contributed by atoms with Crippen molar-refractivity contribution >= 4 is 22.8 Å². The number of nitrogens with zero attached hydrogens (tertiary/aromatic N) is 3. The summed E-state index contributed by atoms with van der Waals surface area (Å²) in [4.78, 5) is 20.1. The SMILES string of the molecule is CN(C)CC1(c2csc(N3C[C@H](CN)OC3C=O)n2)CC1.